The maximum absolute atomic E-state index is 12.3. The molecule has 1 amide bonds. The number of amides is 1. The summed E-state index contributed by atoms with van der Waals surface area (Å²) in [6, 6.07) is 13.0. The molecule has 6 heteroatoms. The first-order valence-corrected chi connectivity index (χ1v) is 7.53. The van der Waals surface area contributed by atoms with E-state index in [1.165, 1.54) is 0 Å². The van der Waals surface area contributed by atoms with E-state index in [4.69, 9.17) is 9.47 Å². The predicted molar refractivity (Wildman–Crippen MR) is 90.5 cm³/mol. The largest absolute Gasteiger partial charge is 0.454 e. The molecule has 2 N–H and O–H groups in total. The number of H-pyrrole nitrogens is 1. The Morgan fingerprint density at radius 1 is 1.17 bits per heavy atom. The van der Waals surface area contributed by atoms with Crippen LogP contribution in [0, 0.1) is 0 Å². The number of hydrogen-bond donors (Lipinski definition) is 2. The van der Waals surface area contributed by atoms with Crippen LogP contribution < -0.4 is 14.9 Å². The monoisotopic (exact) mass is 321 g/mol. The molecule has 1 aliphatic heterocycles. The normalized spacial score (nSPS) is 13.3. The van der Waals surface area contributed by atoms with Gasteiger partial charge < -0.3 is 14.5 Å². The number of rotatable bonds is 3. The number of nitrogens with zero attached hydrogens (tertiary/aromatic N) is 1. The molecule has 0 spiro atoms. The third-order valence-corrected chi connectivity index (χ3v) is 3.94. The molecule has 0 radical (unpaired) electrons. The van der Waals surface area contributed by atoms with Crippen molar-refractivity contribution in [3.63, 3.8) is 0 Å². The van der Waals surface area contributed by atoms with Crippen molar-refractivity contribution in [3.05, 3.63) is 59.8 Å². The van der Waals surface area contributed by atoms with Crippen molar-refractivity contribution in [2.45, 2.75) is 6.92 Å². The van der Waals surface area contributed by atoms with Gasteiger partial charge in [-0.05, 0) is 31.2 Å². The van der Waals surface area contributed by atoms with Crippen molar-refractivity contribution < 1.29 is 14.3 Å². The van der Waals surface area contributed by atoms with E-state index in [2.05, 4.69) is 15.5 Å². The lowest BCUT2D eigenvalue weighted by Crippen LogP contribution is -2.19. The van der Waals surface area contributed by atoms with Gasteiger partial charge in [0.05, 0.1) is 5.71 Å². The fraction of sp³-hybridized carbons (Fsp3) is 0.111. The Morgan fingerprint density at radius 2 is 2.00 bits per heavy atom. The molecule has 1 aliphatic rings. The van der Waals surface area contributed by atoms with E-state index in [1.54, 1.807) is 18.2 Å². The highest BCUT2D eigenvalue weighted by atomic mass is 16.7. The number of nitrogens with one attached hydrogen (secondary N) is 2. The molecule has 2 aromatic carbocycles. The maximum atomic E-state index is 12.3. The molecule has 0 atom stereocenters. The predicted octanol–water partition coefficient (Wildman–Crippen LogP) is 3.05. The molecule has 1 aromatic heterocycles. The van der Waals surface area contributed by atoms with Crippen molar-refractivity contribution in [3.8, 4) is 11.5 Å². The van der Waals surface area contributed by atoms with E-state index in [1.807, 2.05) is 37.4 Å². The zero-order valence-electron chi connectivity index (χ0n) is 13.0. The van der Waals surface area contributed by atoms with E-state index in [0.29, 0.717) is 17.1 Å². The average molecular weight is 321 g/mol. The number of carbonyl (C=O) groups excluding carboxylic acids is 1. The lowest BCUT2D eigenvalue weighted by molar-refractivity contribution is 0.0954. The van der Waals surface area contributed by atoms with Gasteiger partial charge >= 0.3 is 0 Å². The summed E-state index contributed by atoms with van der Waals surface area (Å²) >= 11 is 0. The molecule has 0 unspecified atom stereocenters. The third-order valence-electron chi connectivity index (χ3n) is 3.94. The van der Waals surface area contributed by atoms with Crippen molar-refractivity contribution in [1.29, 1.82) is 0 Å². The molecule has 2 heterocycles. The SMILES string of the molecule is CC(=NNC(=O)c1ccc2c(c1)OCO2)c1c[nH]c2ccccc12. The molecule has 0 saturated carbocycles. The van der Waals surface area contributed by atoms with Gasteiger partial charge in [0.15, 0.2) is 11.5 Å². The van der Waals surface area contributed by atoms with Crippen LogP contribution >= 0.6 is 0 Å². The van der Waals surface area contributed by atoms with Crippen LogP contribution in [0.25, 0.3) is 10.9 Å². The molecule has 0 aliphatic carbocycles. The van der Waals surface area contributed by atoms with E-state index in [9.17, 15) is 4.79 Å². The van der Waals surface area contributed by atoms with Gasteiger partial charge in [0.1, 0.15) is 0 Å². The highest BCUT2D eigenvalue weighted by Crippen LogP contribution is 2.32. The number of hydrogen-bond acceptors (Lipinski definition) is 4. The minimum absolute atomic E-state index is 0.179. The summed E-state index contributed by atoms with van der Waals surface area (Å²) in [5, 5.41) is 5.28. The second-order valence-electron chi connectivity index (χ2n) is 5.45. The number of benzene rings is 2. The Labute approximate surface area is 138 Å². The topological polar surface area (TPSA) is 75.7 Å². The summed E-state index contributed by atoms with van der Waals surface area (Å²) in [5.41, 5.74) is 5.76. The number of ether oxygens (including phenoxy) is 2. The molecular formula is C18H15N3O3. The summed E-state index contributed by atoms with van der Waals surface area (Å²) in [6.45, 7) is 2.04. The van der Waals surface area contributed by atoms with Crippen molar-refractivity contribution in [2.75, 3.05) is 6.79 Å². The zero-order chi connectivity index (χ0) is 16.5. The Morgan fingerprint density at radius 3 is 2.92 bits per heavy atom. The quantitative estimate of drug-likeness (QED) is 0.575. The van der Waals surface area contributed by atoms with Gasteiger partial charge in [-0.15, -0.1) is 0 Å². The van der Waals surface area contributed by atoms with Gasteiger partial charge in [0.25, 0.3) is 5.91 Å². The van der Waals surface area contributed by atoms with Gasteiger partial charge in [-0.2, -0.15) is 5.10 Å². The summed E-state index contributed by atoms with van der Waals surface area (Å²) in [7, 11) is 0. The average Bonchev–Trinajstić information content (AvgIpc) is 3.25. The minimum Gasteiger partial charge on any atom is -0.454 e. The molecule has 3 aromatic rings. The van der Waals surface area contributed by atoms with Crippen LogP contribution in [0.1, 0.15) is 22.8 Å². The van der Waals surface area contributed by atoms with Crippen molar-refractivity contribution >= 4 is 22.5 Å². The van der Waals surface area contributed by atoms with E-state index in [-0.39, 0.29) is 12.7 Å². The fourth-order valence-electron chi connectivity index (χ4n) is 2.67. The summed E-state index contributed by atoms with van der Waals surface area (Å²) < 4.78 is 10.5. The molecule has 4 rings (SSSR count). The van der Waals surface area contributed by atoms with Gasteiger partial charge in [-0.25, -0.2) is 5.43 Å². The molecule has 0 saturated heterocycles. The smallest absolute Gasteiger partial charge is 0.271 e. The highest BCUT2D eigenvalue weighted by molar-refractivity contribution is 6.10. The Balaban J connectivity index is 1.54. The lowest BCUT2D eigenvalue weighted by atomic mass is 10.1. The van der Waals surface area contributed by atoms with Crippen LogP contribution in [0.15, 0.2) is 53.8 Å². The number of aromatic nitrogens is 1. The van der Waals surface area contributed by atoms with E-state index < -0.39 is 0 Å². The van der Waals surface area contributed by atoms with Gasteiger partial charge in [-0.3, -0.25) is 4.79 Å². The standard InChI is InChI=1S/C18H15N3O3/c1-11(14-9-19-15-5-3-2-4-13(14)15)20-21-18(22)12-6-7-16-17(8-12)24-10-23-16/h2-9,19H,10H2,1H3,(H,21,22). The maximum Gasteiger partial charge on any atom is 0.271 e. The number of carbonyl (C=O) groups is 1. The zero-order valence-corrected chi connectivity index (χ0v) is 13.0. The molecule has 0 fully saturated rings. The Hall–Kier alpha value is -3.28. The van der Waals surface area contributed by atoms with E-state index in [0.717, 1.165) is 22.2 Å². The second kappa shape index (κ2) is 5.73. The molecule has 0 bridgehead atoms. The fourth-order valence-corrected chi connectivity index (χ4v) is 2.67. The molecular weight excluding hydrogens is 306 g/mol. The second-order valence-corrected chi connectivity index (χ2v) is 5.45. The van der Waals surface area contributed by atoms with Gasteiger partial charge in [0.2, 0.25) is 6.79 Å². The molecule has 24 heavy (non-hydrogen) atoms. The number of aromatic amines is 1. The summed E-state index contributed by atoms with van der Waals surface area (Å²) in [4.78, 5) is 15.5. The van der Waals surface area contributed by atoms with Gasteiger partial charge in [-0.1, -0.05) is 18.2 Å². The van der Waals surface area contributed by atoms with Crippen molar-refractivity contribution in [2.24, 2.45) is 5.10 Å². The van der Waals surface area contributed by atoms with Crippen LogP contribution in [0.5, 0.6) is 11.5 Å². The highest BCUT2D eigenvalue weighted by Gasteiger charge is 2.16. The summed E-state index contributed by atoms with van der Waals surface area (Å²) in [5.74, 6) is 0.914. The van der Waals surface area contributed by atoms with Crippen LogP contribution in [-0.4, -0.2) is 23.4 Å². The van der Waals surface area contributed by atoms with E-state index >= 15 is 0 Å². The first-order chi connectivity index (χ1) is 11.7. The number of para-hydroxylation sites is 1. The Kier molecular flexibility index (Phi) is 3.42. The number of hydrazone groups is 1. The minimum atomic E-state index is -0.299. The molecule has 6 nitrogen and oxygen atoms in total. The van der Waals surface area contributed by atoms with Crippen LogP contribution in [0.4, 0.5) is 0 Å². The third kappa shape index (κ3) is 2.48. The first-order valence-electron chi connectivity index (χ1n) is 7.53. The van der Waals surface area contributed by atoms with Crippen LogP contribution in [-0.2, 0) is 0 Å². The number of fused-ring (bicyclic) bond motifs is 2. The molecule has 120 valence electrons. The first kappa shape index (κ1) is 14.3. The van der Waals surface area contributed by atoms with Crippen LogP contribution in [0.3, 0.4) is 0 Å². The lowest BCUT2D eigenvalue weighted by Gasteiger charge is -2.03. The van der Waals surface area contributed by atoms with Crippen molar-refractivity contribution in [1.82, 2.24) is 10.4 Å². The van der Waals surface area contributed by atoms with Crippen LogP contribution in [0.2, 0.25) is 0 Å². The van der Waals surface area contributed by atoms with Gasteiger partial charge in [0, 0.05) is 28.2 Å². The summed E-state index contributed by atoms with van der Waals surface area (Å²) in [6.07, 6.45) is 1.89. The Bertz CT molecular complexity index is 959.